The van der Waals surface area contributed by atoms with Crippen molar-refractivity contribution >= 4 is 23.2 Å². The van der Waals surface area contributed by atoms with Crippen LogP contribution in [0.4, 0.5) is 5.69 Å². The van der Waals surface area contributed by atoms with Gasteiger partial charge in [-0.15, -0.1) is 0 Å². The van der Waals surface area contributed by atoms with E-state index in [1.165, 1.54) is 0 Å². The zero-order valence-corrected chi connectivity index (χ0v) is 17.5. The number of anilines is 1. The molecule has 0 aromatic heterocycles. The molecule has 1 saturated heterocycles. The molecule has 156 valence electrons. The molecule has 0 aliphatic carbocycles. The Labute approximate surface area is 177 Å². The zero-order valence-electron chi connectivity index (χ0n) is 16.8. The zero-order chi connectivity index (χ0) is 20.6. The topological polar surface area (TPSA) is 68.0 Å². The quantitative estimate of drug-likeness (QED) is 0.677. The maximum absolute atomic E-state index is 10.9. The summed E-state index contributed by atoms with van der Waals surface area (Å²) in [5, 5.41) is 0.692. The number of ether oxygens (including phenoxy) is 2. The smallest absolute Gasteiger partial charge is 0.217 e. The van der Waals surface area contributed by atoms with Gasteiger partial charge in [-0.05, 0) is 48.9 Å². The molecular formula is C22H28ClN3O3. The van der Waals surface area contributed by atoms with Gasteiger partial charge in [0.05, 0.1) is 12.8 Å². The molecule has 6 nitrogen and oxygen atoms in total. The lowest BCUT2D eigenvalue weighted by atomic mass is 10.2. The molecule has 1 aliphatic rings. The van der Waals surface area contributed by atoms with Crippen LogP contribution in [0.3, 0.4) is 0 Å². The number of halogens is 1. The van der Waals surface area contributed by atoms with E-state index in [1.807, 2.05) is 42.5 Å². The fraction of sp³-hybridized carbons (Fsp3) is 0.409. The van der Waals surface area contributed by atoms with Crippen molar-refractivity contribution in [1.82, 2.24) is 4.90 Å². The van der Waals surface area contributed by atoms with Gasteiger partial charge in [0.1, 0.15) is 18.1 Å². The number of piperazine rings is 1. The second kappa shape index (κ2) is 10.4. The molecule has 2 aromatic rings. The van der Waals surface area contributed by atoms with Gasteiger partial charge in [0.2, 0.25) is 5.91 Å². The maximum Gasteiger partial charge on any atom is 0.217 e. The number of nitrogens with zero attached hydrogens (tertiary/aromatic N) is 2. The number of nitrogens with two attached hydrogens (primary N) is 1. The van der Waals surface area contributed by atoms with Gasteiger partial charge >= 0.3 is 0 Å². The molecule has 2 aromatic carbocycles. The van der Waals surface area contributed by atoms with Gasteiger partial charge in [0.15, 0.2) is 0 Å². The molecule has 1 fully saturated rings. The van der Waals surface area contributed by atoms with Crippen molar-refractivity contribution < 1.29 is 14.3 Å². The highest BCUT2D eigenvalue weighted by Gasteiger charge is 2.20. The Bertz CT molecular complexity index is 823. The second-order valence-electron chi connectivity index (χ2n) is 7.15. The standard InChI is InChI=1S/C22H28ClN3O3/c1-28-19-5-2-4-17(14-19)16-29-21-8-7-18(23)15-20(21)26-12-10-25(11-13-26)9-3-6-22(24)27/h2,4-5,7-8,14-15H,3,6,9-13,16H2,1H3,(H2,24,27). The summed E-state index contributed by atoms with van der Waals surface area (Å²) in [5.74, 6) is 1.40. The van der Waals surface area contributed by atoms with Crippen LogP contribution in [0, 0.1) is 0 Å². The van der Waals surface area contributed by atoms with Gasteiger partial charge in [0.25, 0.3) is 0 Å². The first-order chi connectivity index (χ1) is 14.0. The van der Waals surface area contributed by atoms with Crippen molar-refractivity contribution in [3.8, 4) is 11.5 Å². The Balaban J connectivity index is 1.61. The van der Waals surface area contributed by atoms with E-state index in [1.54, 1.807) is 7.11 Å². The molecule has 0 atom stereocenters. The normalized spacial score (nSPS) is 14.6. The number of carbonyl (C=O) groups is 1. The molecule has 1 amide bonds. The van der Waals surface area contributed by atoms with Crippen LogP contribution in [0.15, 0.2) is 42.5 Å². The highest BCUT2D eigenvalue weighted by molar-refractivity contribution is 6.30. The summed E-state index contributed by atoms with van der Waals surface area (Å²) in [6.07, 6.45) is 1.25. The van der Waals surface area contributed by atoms with Gasteiger partial charge in [-0.2, -0.15) is 0 Å². The lowest BCUT2D eigenvalue weighted by molar-refractivity contribution is -0.118. The minimum atomic E-state index is -0.236. The second-order valence-corrected chi connectivity index (χ2v) is 7.59. The summed E-state index contributed by atoms with van der Waals surface area (Å²) in [7, 11) is 1.66. The number of methoxy groups -OCH3 is 1. The number of carbonyl (C=O) groups excluding carboxylic acids is 1. The monoisotopic (exact) mass is 417 g/mol. The fourth-order valence-electron chi connectivity index (χ4n) is 3.47. The molecule has 1 aliphatic heterocycles. The van der Waals surface area contributed by atoms with Crippen LogP contribution in [-0.4, -0.2) is 50.6 Å². The van der Waals surface area contributed by atoms with E-state index < -0.39 is 0 Å². The summed E-state index contributed by atoms with van der Waals surface area (Å²) in [6.45, 7) is 4.98. The third-order valence-corrected chi connectivity index (χ3v) is 5.30. The SMILES string of the molecule is COc1cccc(COc2ccc(Cl)cc2N2CCN(CCCC(N)=O)CC2)c1. The Morgan fingerprint density at radius 2 is 1.93 bits per heavy atom. The van der Waals surface area contributed by atoms with Crippen molar-refractivity contribution in [3.63, 3.8) is 0 Å². The van der Waals surface area contributed by atoms with E-state index in [2.05, 4.69) is 9.80 Å². The van der Waals surface area contributed by atoms with E-state index >= 15 is 0 Å². The number of primary amides is 1. The van der Waals surface area contributed by atoms with E-state index in [0.717, 1.165) is 61.9 Å². The van der Waals surface area contributed by atoms with Crippen LogP contribution in [0.25, 0.3) is 0 Å². The van der Waals surface area contributed by atoms with Gasteiger partial charge in [-0.3, -0.25) is 9.69 Å². The molecule has 7 heteroatoms. The molecule has 0 saturated carbocycles. The molecule has 3 rings (SSSR count). The Kier molecular flexibility index (Phi) is 7.61. The summed E-state index contributed by atoms with van der Waals surface area (Å²) >= 11 is 6.27. The van der Waals surface area contributed by atoms with Gasteiger partial charge < -0.3 is 20.1 Å². The van der Waals surface area contributed by atoms with Crippen molar-refractivity contribution in [1.29, 1.82) is 0 Å². The Morgan fingerprint density at radius 1 is 1.14 bits per heavy atom. The van der Waals surface area contributed by atoms with Crippen LogP contribution in [0.5, 0.6) is 11.5 Å². The molecular weight excluding hydrogens is 390 g/mol. The number of hydrogen-bond acceptors (Lipinski definition) is 5. The van der Waals surface area contributed by atoms with Gasteiger partial charge in [0, 0.05) is 37.6 Å². The minimum Gasteiger partial charge on any atom is -0.497 e. The van der Waals surface area contributed by atoms with Crippen molar-refractivity contribution in [2.75, 3.05) is 44.7 Å². The third kappa shape index (κ3) is 6.27. The number of amides is 1. The Morgan fingerprint density at radius 3 is 2.66 bits per heavy atom. The summed E-state index contributed by atoms with van der Waals surface area (Å²) in [4.78, 5) is 15.6. The number of benzene rings is 2. The average molecular weight is 418 g/mol. The van der Waals surface area contributed by atoms with Crippen molar-refractivity contribution in [3.05, 3.63) is 53.1 Å². The first-order valence-electron chi connectivity index (χ1n) is 9.86. The van der Waals surface area contributed by atoms with Crippen LogP contribution in [0.2, 0.25) is 5.02 Å². The fourth-order valence-corrected chi connectivity index (χ4v) is 3.64. The first-order valence-corrected chi connectivity index (χ1v) is 10.2. The number of rotatable bonds is 9. The molecule has 29 heavy (non-hydrogen) atoms. The molecule has 0 bridgehead atoms. The van der Waals surface area contributed by atoms with Crippen LogP contribution in [-0.2, 0) is 11.4 Å². The van der Waals surface area contributed by atoms with Crippen LogP contribution in [0.1, 0.15) is 18.4 Å². The third-order valence-electron chi connectivity index (χ3n) is 5.06. The average Bonchev–Trinajstić information content (AvgIpc) is 2.73. The highest BCUT2D eigenvalue weighted by atomic mass is 35.5. The lowest BCUT2D eigenvalue weighted by Crippen LogP contribution is -2.46. The predicted molar refractivity (Wildman–Crippen MR) is 116 cm³/mol. The van der Waals surface area contributed by atoms with E-state index in [4.69, 9.17) is 26.8 Å². The summed E-state index contributed by atoms with van der Waals surface area (Å²) < 4.78 is 11.4. The van der Waals surface area contributed by atoms with Crippen LogP contribution < -0.4 is 20.1 Å². The predicted octanol–water partition coefficient (Wildman–Crippen LogP) is 3.32. The lowest BCUT2D eigenvalue weighted by Gasteiger charge is -2.36. The highest BCUT2D eigenvalue weighted by Crippen LogP contribution is 2.33. The first kappa shape index (κ1) is 21.3. The summed E-state index contributed by atoms with van der Waals surface area (Å²) in [5.41, 5.74) is 7.28. The molecule has 0 spiro atoms. The minimum absolute atomic E-state index is 0.236. The molecule has 0 unspecified atom stereocenters. The van der Waals surface area contributed by atoms with Crippen molar-refractivity contribution in [2.45, 2.75) is 19.4 Å². The molecule has 2 N–H and O–H groups in total. The van der Waals surface area contributed by atoms with E-state index in [9.17, 15) is 4.79 Å². The van der Waals surface area contributed by atoms with Crippen LogP contribution >= 0.6 is 11.6 Å². The van der Waals surface area contributed by atoms with Gasteiger partial charge in [-0.25, -0.2) is 0 Å². The molecule has 0 radical (unpaired) electrons. The van der Waals surface area contributed by atoms with Gasteiger partial charge in [-0.1, -0.05) is 23.7 Å². The van der Waals surface area contributed by atoms with E-state index in [-0.39, 0.29) is 5.91 Å². The van der Waals surface area contributed by atoms with E-state index in [0.29, 0.717) is 18.1 Å². The maximum atomic E-state index is 10.9. The van der Waals surface area contributed by atoms with Crippen molar-refractivity contribution in [2.24, 2.45) is 5.73 Å². The molecule has 1 heterocycles. The largest absolute Gasteiger partial charge is 0.497 e. The number of hydrogen-bond donors (Lipinski definition) is 1. The Hall–Kier alpha value is -2.44. The summed E-state index contributed by atoms with van der Waals surface area (Å²) in [6, 6.07) is 13.6.